The maximum absolute atomic E-state index is 12.0. The van der Waals surface area contributed by atoms with Crippen molar-refractivity contribution in [2.45, 2.75) is 19.4 Å². The minimum Gasteiger partial charge on any atom is -0.394 e. The first-order valence-corrected chi connectivity index (χ1v) is 5.60. The number of pyridine rings is 1. The number of carbonyl (C=O) groups is 1. The number of nitrogens with one attached hydrogen (secondary N) is 1. The van der Waals surface area contributed by atoms with Crippen LogP contribution in [0.2, 0.25) is 0 Å². The predicted octanol–water partition coefficient (Wildman–Crippen LogP) is 0.835. The van der Waals surface area contributed by atoms with Crippen LogP contribution in [0.15, 0.2) is 30.6 Å². The number of hydrogen-bond acceptors (Lipinski definition) is 3. The van der Waals surface area contributed by atoms with Crippen LogP contribution in [0.4, 0.5) is 0 Å². The monoisotopic (exact) mass is 233 g/mol. The van der Waals surface area contributed by atoms with Crippen LogP contribution in [0.5, 0.6) is 0 Å². The smallest absolute Gasteiger partial charge is 0.255 e. The first-order chi connectivity index (χ1) is 8.26. The van der Waals surface area contributed by atoms with Gasteiger partial charge in [0, 0.05) is 6.20 Å². The quantitative estimate of drug-likeness (QED) is 0.822. The second-order valence-corrected chi connectivity index (χ2v) is 3.85. The molecule has 2 N–H and O–H groups in total. The molecule has 5 nitrogen and oxygen atoms in total. The fourth-order valence-electron chi connectivity index (χ4n) is 1.65. The summed E-state index contributed by atoms with van der Waals surface area (Å²) in [6.45, 7) is 1.86. The zero-order valence-corrected chi connectivity index (χ0v) is 9.63. The van der Waals surface area contributed by atoms with Crippen molar-refractivity contribution in [2.75, 3.05) is 6.61 Å². The Labute approximate surface area is 99.1 Å². The van der Waals surface area contributed by atoms with Crippen LogP contribution in [0.25, 0.3) is 5.52 Å². The third-order valence-electron chi connectivity index (χ3n) is 2.72. The summed E-state index contributed by atoms with van der Waals surface area (Å²) in [5, 5.41) is 15.9. The van der Waals surface area contributed by atoms with E-state index in [4.69, 9.17) is 5.11 Å². The van der Waals surface area contributed by atoms with Gasteiger partial charge in [0.15, 0.2) is 0 Å². The van der Waals surface area contributed by atoms with E-state index in [-0.39, 0.29) is 18.6 Å². The molecule has 2 aromatic rings. The molecule has 2 rings (SSSR count). The molecule has 0 saturated carbocycles. The van der Waals surface area contributed by atoms with Gasteiger partial charge in [-0.3, -0.25) is 4.79 Å². The van der Waals surface area contributed by atoms with Crippen molar-refractivity contribution in [3.05, 3.63) is 36.2 Å². The molecule has 0 radical (unpaired) electrons. The van der Waals surface area contributed by atoms with Crippen LogP contribution in [0, 0.1) is 0 Å². The number of aliphatic hydroxyl groups is 1. The Morgan fingerprint density at radius 1 is 1.59 bits per heavy atom. The fourth-order valence-corrected chi connectivity index (χ4v) is 1.65. The number of aliphatic hydroxyl groups excluding tert-OH is 1. The van der Waals surface area contributed by atoms with Gasteiger partial charge < -0.3 is 10.4 Å². The molecule has 17 heavy (non-hydrogen) atoms. The van der Waals surface area contributed by atoms with E-state index in [9.17, 15) is 4.79 Å². The molecule has 0 unspecified atom stereocenters. The minimum atomic E-state index is -0.207. The highest BCUT2D eigenvalue weighted by Gasteiger charge is 2.15. The Morgan fingerprint density at radius 3 is 3.12 bits per heavy atom. The average Bonchev–Trinajstić information content (AvgIpc) is 2.79. The van der Waals surface area contributed by atoms with E-state index in [1.54, 1.807) is 10.7 Å². The molecule has 0 aliphatic carbocycles. The maximum atomic E-state index is 12.0. The third kappa shape index (κ3) is 2.29. The highest BCUT2D eigenvalue weighted by molar-refractivity contribution is 6.00. The summed E-state index contributed by atoms with van der Waals surface area (Å²) in [5.41, 5.74) is 1.29. The largest absolute Gasteiger partial charge is 0.394 e. The summed E-state index contributed by atoms with van der Waals surface area (Å²) in [5.74, 6) is -0.202. The third-order valence-corrected chi connectivity index (χ3v) is 2.72. The van der Waals surface area contributed by atoms with Gasteiger partial charge in [-0.2, -0.15) is 5.10 Å². The maximum Gasteiger partial charge on any atom is 0.255 e. The molecule has 2 heterocycles. The second-order valence-electron chi connectivity index (χ2n) is 3.85. The first-order valence-electron chi connectivity index (χ1n) is 5.60. The molecule has 5 heteroatoms. The van der Waals surface area contributed by atoms with Crippen molar-refractivity contribution >= 4 is 11.4 Å². The topological polar surface area (TPSA) is 66.6 Å². The van der Waals surface area contributed by atoms with E-state index < -0.39 is 0 Å². The van der Waals surface area contributed by atoms with Gasteiger partial charge in [0.1, 0.15) is 0 Å². The van der Waals surface area contributed by atoms with E-state index in [0.717, 1.165) is 5.52 Å². The normalized spacial score (nSPS) is 12.6. The van der Waals surface area contributed by atoms with Crippen molar-refractivity contribution in [3.63, 3.8) is 0 Å². The first kappa shape index (κ1) is 11.6. The summed E-state index contributed by atoms with van der Waals surface area (Å²) in [4.78, 5) is 12.0. The SMILES string of the molecule is CC[C@H](CO)NC(=O)c1cnn2ccccc12. The second kappa shape index (κ2) is 4.97. The van der Waals surface area contributed by atoms with Gasteiger partial charge in [-0.05, 0) is 18.6 Å². The molecular formula is C12H15N3O2. The van der Waals surface area contributed by atoms with Gasteiger partial charge in [-0.15, -0.1) is 0 Å². The molecule has 1 amide bonds. The number of carbonyl (C=O) groups excluding carboxylic acids is 1. The molecule has 0 spiro atoms. The van der Waals surface area contributed by atoms with Crippen LogP contribution in [0.3, 0.4) is 0 Å². The van der Waals surface area contributed by atoms with Crippen LogP contribution in [-0.2, 0) is 0 Å². The van der Waals surface area contributed by atoms with Crippen LogP contribution in [0.1, 0.15) is 23.7 Å². The number of aromatic nitrogens is 2. The van der Waals surface area contributed by atoms with Crippen molar-refractivity contribution in [1.29, 1.82) is 0 Å². The molecule has 0 bridgehead atoms. The Bertz CT molecular complexity index is 517. The number of nitrogens with zero attached hydrogens (tertiary/aromatic N) is 2. The van der Waals surface area contributed by atoms with Gasteiger partial charge in [-0.1, -0.05) is 13.0 Å². The molecular weight excluding hydrogens is 218 g/mol. The van der Waals surface area contributed by atoms with Crippen molar-refractivity contribution < 1.29 is 9.90 Å². The summed E-state index contributed by atoms with van der Waals surface area (Å²) in [6.07, 6.45) is 4.02. The van der Waals surface area contributed by atoms with Crippen LogP contribution < -0.4 is 5.32 Å². The number of hydrogen-bond donors (Lipinski definition) is 2. The van der Waals surface area contributed by atoms with Crippen molar-refractivity contribution in [1.82, 2.24) is 14.9 Å². The lowest BCUT2D eigenvalue weighted by atomic mass is 10.2. The number of amides is 1. The molecule has 0 aromatic carbocycles. The zero-order chi connectivity index (χ0) is 12.3. The average molecular weight is 233 g/mol. The lowest BCUT2D eigenvalue weighted by Crippen LogP contribution is -2.36. The molecule has 0 saturated heterocycles. The summed E-state index contributed by atoms with van der Waals surface area (Å²) >= 11 is 0. The van der Waals surface area contributed by atoms with Gasteiger partial charge in [0.2, 0.25) is 0 Å². The number of rotatable bonds is 4. The lowest BCUT2D eigenvalue weighted by molar-refractivity contribution is 0.0916. The molecule has 0 aliphatic rings. The highest BCUT2D eigenvalue weighted by atomic mass is 16.3. The molecule has 0 aliphatic heterocycles. The highest BCUT2D eigenvalue weighted by Crippen LogP contribution is 2.10. The molecule has 0 fully saturated rings. The summed E-state index contributed by atoms with van der Waals surface area (Å²) in [7, 11) is 0. The number of fused-ring (bicyclic) bond motifs is 1. The zero-order valence-electron chi connectivity index (χ0n) is 9.63. The van der Waals surface area contributed by atoms with E-state index in [2.05, 4.69) is 10.4 Å². The Kier molecular flexibility index (Phi) is 3.39. The van der Waals surface area contributed by atoms with Crippen molar-refractivity contribution in [2.24, 2.45) is 0 Å². The summed E-state index contributed by atoms with van der Waals surface area (Å²) < 4.78 is 1.65. The standard InChI is InChI=1S/C12H15N3O2/c1-2-9(8-16)14-12(17)10-7-13-15-6-4-3-5-11(10)15/h3-7,9,16H,2,8H2,1H3,(H,14,17)/t9-/m1/s1. The van der Waals surface area contributed by atoms with Crippen LogP contribution >= 0.6 is 0 Å². The predicted molar refractivity (Wildman–Crippen MR) is 63.8 cm³/mol. The van der Waals surface area contributed by atoms with E-state index >= 15 is 0 Å². The molecule has 2 aromatic heterocycles. The molecule has 90 valence electrons. The Balaban J connectivity index is 2.25. The Hall–Kier alpha value is -1.88. The van der Waals surface area contributed by atoms with Gasteiger partial charge in [0.25, 0.3) is 5.91 Å². The van der Waals surface area contributed by atoms with E-state index in [0.29, 0.717) is 12.0 Å². The molecule has 1 atom stereocenters. The van der Waals surface area contributed by atoms with Gasteiger partial charge in [-0.25, -0.2) is 4.52 Å². The van der Waals surface area contributed by atoms with Crippen molar-refractivity contribution in [3.8, 4) is 0 Å². The lowest BCUT2D eigenvalue weighted by Gasteiger charge is -2.13. The Morgan fingerprint density at radius 2 is 2.41 bits per heavy atom. The van der Waals surface area contributed by atoms with Gasteiger partial charge in [0.05, 0.1) is 29.9 Å². The van der Waals surface area contributed by atoms with E-state index in [1.165, 1.54) is 6.20 Å². The van der Waals surface area contributed by atoms with Crippen LogP contribution in [-0.4, -0.2) is 33.3 Å². The van der Waals surface area contributed by atoms with E-state index in [1.807, 2.05) is 25.1 Å². The fraction of sp³-hybridized carbons (Fsp3) is 0.333. The minimum absolute atomic E-state index is 0.0541. The summed E-state index contributed by atoms with van der Waals surface area (Å²) in [6, 6.07) is 5.34. The van der Waals surface area contributed by atoms with Gasteiger partial charge >= 0.3 is 0 Å².